The molecule has 0 aromatic heterocycles. The van der Waals surface area contributed by atoms with Gasteiger partial charge in [-0.05, 0) is 42.5 Å². The molecule has 2 aromatic carbocycles. The monoisotopic (exact) mass is 438 g/mol. The fraction of sp³-hybridized carbons (Fsp3) is 0.350. The summed E-state index contributed by atoms with van der Waals surface area (Å²) in [6.07, 6.45) is 0. The zero-order chi connectivity index (χ0) is 20.9. The molecule has 29 heavy (non-hydrogen) atoms. The largest absolute Gasteiger partial charge is 0.492 e. The van der Waals surface area contributed by atoms with Gasteiger partial charge in [0.15, 0.2) is 0 Å². The molecule has 0 bridgehead atoms. The summed E-state index contributed by atoms with van der Waals surface area (Å²) in [5.41, 5.74) is 0.469. The Hall–Kier alpha value is -2.13. The molecule has 1 heterocycles. The lowest BCUT2D eigenvalue weighted by Crippen LogP contribution is -2.49. The molecule has 156 valence electrons. The molecule has 0 atom stereocenters. The zero-order valence-electron chi connectivity index (χ0n) is 16.1. The minimum atomic E-state index is -3.53. The Kier molecular flexibility index (Phi) is 7.13. The highest BCUT2D eigenvalue weighted by Crippen LogP contribution is 2.21. The normalized spacial score (nSPS) is 15.8. The van der Waals surface area contributed by atoms with Gasteiger partial charge in [-0.1, -0.05) is 17.7 Å². The Labute approximate surface area is 175 Å². The van der Waals surface area contributed by atoms with Crippen molar-refractivity contribution >= 4 is 27.6 Å². The van der Waals surface area contributed by atoms with Gasteiger partial charge in [0.2, 0.25) is 10.0 Å². The Balaban J connectivity index is 1.46. The highest BCUT2D eigenvalue weighted by Gasteiger charge is 2.28. The van der Waals surface area contributed by atoms with Crippen molar-refractivity contribution in [3.63, 3.8) is 0 Å². The molecule has 0 unspecified atom stereocenters. The van der Waals surface area contributed by atoms with Crippen LogP contribution in [-0.2, 0) is 14.8 Å². The maximum atomic E-state index is 12.7. The van der Waals surface area contributed by atoms with Crippen molar-refractivity contribution in [2.45, 2.75) is 4.90 Å². The van der Waals surface area contributed by atoms with E-state index in [0.29, 0.717) is 55.7 Å². The molecule has 2 aromatic rings. The molecule has 9 heteroatoms. The van der Waals surface area contributed by atoms with E-state index in [-0.39, 0.29) is 10.9 Å². The number of carbonyl (C=O) groups excluding carboxylic acids is 1. The molecule has 1 aliphatic heterocycles. The van der Waals surface area contributed by atoms with E-state index < -0.39 is 10.0 Å². The summed E-state index contributed by atoms with van der Waals surface area (Å²) < 4.78 is 37.3. The third kappa shape index (κ3) is 5.48. The quantitative estimate of drug-likeness (QED) is 0.618. The smallest absolute Gasteiger partial charge is 0.337 e. The van der Waals surface area contributed by atoms with Crippen LogP contribution in [0, 0.1) is 0 Å². The van der Waals surface area contributed by atoms with Gasteiger partial charge in [0.1, 0.15) is 12.4 Å². The standard InChI is InChI=1S/C20H23ClN2O5S/c1-27-20(24)16-5-7-18(8-6-16)28-14-13-22-9-11-23(12-10-22)29(25,26)19-4-2-3-17(21)15-19/h2-8,15H,9-14H2,1H3. The van der Waals surface area contributed by atoms with Crippen molar-refractivity contribution in [2.24, 2.45) is 0 Å². The SMILES string of the molecule is COC(=O)c1ccc(OCCN2CCN(S(=O)(=O)c3cccc(Cl)c3)CC2)cc1. The molecule has 0 saturated carbocycles. The van der Waals surface area contributed by atoms with Gasteiger partial charge >= 0.3 is 5.97 Å². The predicted octanol–water partition coefficient (Wildman–Crippen LogP) is 2.51. The van der Waals surface area contributed by atoms with Crippen molar-refractivity contribution in [1.29, 1.82) is 0 Å². The van der Waals surface area contributed by atoms with Gasteiger partial charge in [-0.15, -0.1) is 0 Å². The van der Waals surface area contributed by atoms with E-state index in [1.165, 1.54) is 17.5 Å². The van der Waals surface area contributed by atoms with E-state index in [0.717, 1.165) is 0 Å². The predicted molar refractivity (Wildman–Crippen MR) is 110 cm³/mol. The first-order valence-electron chi connectivity index (χ1n) is 9.19. The number of nitrogens with zero attached hydrogens (tertiary/aromatic N) is 2. The summed E-state index contributed by atoms with van der Waals surface area (Å²) in [7, 11) is -2.19. The van der Waals surface area contributed by atoms with Gasteiger partial charge in [-0.2, -0.15) is 4.31 Å². The molecule has 0 radical (unpaired) electrons. The molecule has 7 nitrogen and oxygen atoms in total. The molecular formula is C20H23ClN2O5S. The molecule has 1 fully saturated rings. The van der Waals surface area contributed by atoms with Crippen molar-refractivity contribution in [2.75, 3.05) is 46.4 Å². The number of carbonyl (C=O) groups is 1. The Bertz CT molecular complexity index is 942. The van der Waals surface area contributed by atoms with E-state index in [1.54, 1.807) is 42.5 Å². The highest BCUT2D eigenvalue weighted by atomic mass is 35.5. The maximum absolute atomic E-state index is 12.7. The number of methoxy groups -OCH3 is 1. The topological polar surface area (TPSA) is 76.2 Å². The summed E-state index contributed by atoms with van der Waals surface area (Å²) in [5, 5.41) is 0.404. The lowest BCUT2D eigenvalue weighted by molar-refractivity contribution is 0.0600. The van der Waals surface area contributed by atoms with Crippen LogP contribution in [0.1, 0.15) is 10.4 Å². The maximum Gasteiger partial charge on any atom is 0.337 e. The Morgan fingerprint density at radius 3 is 2.38 bits per heavy atom. The molecular weight excluding hydrogens is 416 g/mol. The fourth-order valence-corrected chi connectivity index (χ4v) is 4.79. The summed E-state index contributed by atoms with van der Waals surface area (Å²) in [4.78, 5) is 13.8. The number of hydrogen-bond acceptors (Lipinski definition) is 6. The van der Waals surface area contributed by atoms with Crippen LogP contribution < -0.4 is 4.74 Å². The van der Waals surface area contributed by atoms with Crippen LogP contribution >= 0.6 is 11.6 Å². The minimum Gasteiger partial charge on any atom is -0.492 e. The third-order valence-electron chi connectivity index (χ3n) is 4.72. The van der Waals surface area contributed by atoms with Gasteiger partial charge in [0.25, 0.3) is 0 Å². The molecule has 3 rings (SSSR count). The summed E-state index contributed by atoms with van der Waals surface area (Å²) in [6.45, 7) is 3.25. The minimum absolute atomic E-state index is 0.220. The van der Waals surface area contributed by atoms with E-state index >= 15 is 0 Å². The average Bonchev–Trinajstić information content (AvgIpc) is 2.74. The number of benzene rings is 2. The van der Waals surface area contributed by atoms with Crippen LogP contribution in [0.2, 0.25) is 5.02 Å². The lowest BCUT2D eigenvalue weighted by Gasteiger charge is -2.33. The van der Waals surface area contributed by atoms with E-state index in [1.807, 2.05) is 0 Å². The van der Waals surface area contributed by atoms with Crippen molar-refractivity contribution in [1.82, 2.24) is 9.21 Å². The van der Waals surface area contributed by atoms with Crippen LogP contribution in [0.4, 0.5) is 0 Å². The molecule has 1 aliphatic rings. The molecule has 1 saturated heterocycles. The zero-order valence-corrected chi connectivity index (χ0v) is 17.7. The summed E-state index contributed by atoms with van der Waals surface area (Å²) in [6, 6.07) is 13.1. The highest BCUT2D eigenvalue weighted by molar-refractivity contribution is 7.89. The van der Waals surface area contributed by atoms with Crippen LogP contribution in [0.15, 0.2) is 53.4 Å². The number of halogens is 1. The Morgan fingerprint density at radius 1 is 1.07 bits per heavy atom. The number of ether oxygens (including phenoxy) is 2. The number of piperazine rings is 1. The van der Waals surface area contributed by atoms with E-state index in [2.05, 4.69) is 9.64 Å². The third-order valence-corrected chi connectivity index (χ3v) is 6.85. The first-order valence-corrected chi connectivity index (χ1v) is 11.0. The van der Waals surface area contributed by atoms with Gasteiger partial charge in [-0.25, -0.2) is 13.2 Å². The molecule has 0 N–H and O–H groups in total. The van der Waals surface area contributed by atoms with Crippen molar-refractivity contribution in [3.05, 3.63) is 59.1 Å². The van der Waals surface area contributed by atoms with Crippen molar-refractivity contribution in [3.8, 4) is 5.75 Å². The van der Waals surface area contributed by atoms with Crippen LogP contribution in [0.25, 0.3) is 0 Å². The lowest BCUT2D eigenvalue weighted by atomic mass is 10.2. The average molecular weight is 439 g/mol. The van der Waals surface area contributed by atoms with Gasteiger partial charge < -0.3 is 9.47 Å². The number of sulfonamides is 1. The van der Waals surface area contributed by atoms with E-state index in [4.69, 9.17) is 16.3 Å². The number of esters is 1. The second-order valence-electron chi connectivity index (χ2n) is 6.57. The molecule has 0 amide bonds. The van der Waals surface area contributed by atoms with Crippen LogP contribution in [0.5, 0.6) is 5.75 Å². The van der Waals surface area contributed by atoms with Gasteiger partial charge in [-0.3, -0.25) is 4.90 Å². The van der Waals surface area contributed by atoms with Gasteiger partial charge in [0, 0.05) is 37.7 Å². The van der Waals surface area contributed by atoms with Crippen LogP contribution in [-0.4, -0.2) is 70.0 Å². The fourth-order valence-electron chi connectivity index (χ4n) is 3.07. The first kappa shape index (κ1) is 21.6. The Morgan fingerprint density at radius 2 is 1.76 bits per heavy atom. The molecule has 0 spiro atoms. The molecule has 0 aliphatic carbocycles. The number of hydrogen-bond donors (Lipinski definition) is 0. The summed E-state index contributed by atoms with van der Waals surface area (Å²) >= 11 is 5.92. The van der Waals surface area contributed by atoms with Crippen LogP contribution in [0.3, 0.4) is 0 Å². The second-order valence-corrected chi connectivity index (χ2v) is 8.94. The summed E-state index contributed by atoms with van der Waals surface area (Å²) in [5.74, 6) is 0.280. The van der Waals surface area contributed by atoms with E-state index in [9.17, 15) is 13.2 Å². The van der Waals surface area contributed by atoms with Crippen molar-refractivity contribution < 1.29 is 22.7 Å². The number of rotatable bonds is 7. The van der Waals surface area contributed by atoms with Gasteiger partial charge in [0.05, 0.1) is 17.6 Å². The first-order chi connectivity index (χ1) is 13.9. The second kappa shape index (κ2) is 9.58.